The molecule has 0 spiro atoms. The van der Waals surface area contributed by atoms with Gasteiger partial charge in [-0.3, -0.25) is 0 Å². The van der Waals surface area contributed by atoms with E-state index >= 15 is 0 Å². The van der Waals surface area contributed by atoms with Crippen LogP contribution in [0.3, 0.4) is 0 Å². The Kier molecular flexibility index (Phi) is 3.94. The molecular weight excluding hydrogens is 350 g/mol. The summed E-state index contributed by atoms with van der Waals surface area (Å²) >= 11 is 1.89. The monoisotopic (exact) mass is 373 g/mol. The van der Waals surface area contributed by atoms with Crippen LogP contribution in [-0.2, 0) is 12.8 Å². The van der Waals surface area contributed by atoms with E-state index in [1.54, 1.807) is 0 Å². The summed E-state index contributed by atoms with van der Waals surface area (Å²) in [5.41, 5.74) is 6.23. The standard InChI is InChI=1S/C24H23NOS/c1-14-9-10-18-22(11-14)27-24-23(18)20(17-7-5-4-6-8-17)13-21(25-24)19-12-15(2)26-16(19)3/h4-8,12-14H,9-11H2,1-3H3. The molecule has 136 valence electrons. The van der Waals surface area contributed by atoms with Crippen LogP contribution in [0.2, 0.25) is 0 Å². The molecular formula is C24H23NOS. The van der Waals surface area contributed by atoms with Gasteiger partial charge >= 0.3 is 0 Å². The predicted molar refractivity (Wildman–Crippen MR) is 113 cm³/mol. The van der Waals surface area contributed by atoms with E-state index in [2.05, 4.69) is 49.4 Å². The molecule has 3 aromatic heterocycles. The molecule has 5 rings (SSSR count). The summed E-state index contributed by atoms with van der Waals surface area (Å²) in [5.74, 6) is 2.64. The Labute approximate surface area is 163 Å². The maximum absolute atomic E-state index is 5.79. The summed E-state index contributed by atoms with van der Waals surface area (Å²) in [5, 5.41) is 1.37. The van der Waals surface area contributed by atoms with E-state index in [4.69, 9.17) is 9.40 Å². The van der Waals surface area contributed by atoms with Crippen LogP contribution in [0.1, 0.15) is 35.3 Å². The van der Waals surface area contributed by atoms with Crippen molar-refractivity contribution in [3.05, 3.63) is 64.4 Å². The number of nitrogens with zero attached hydrogens (tertiary/aromatic N) is 1. The van der Waals surface area contributed by atoms with Gasteiger partial charge in [-0.05, 0) is 67.9 Å². The number of rotatable bonds is 2. The smallest absolute Gasteiger partial charge is 0.125 e. The molecule has 1 aliphatic rings. The van der Waals surface area contributed by atoms with Crippen molar-refractivity contribution in [2.24, 2.45) is 5.92 Å². The molecule has 3 heterocycles. The van der Waals surface area contributed by atoms with Crippen LogP contribution < -0.4 is 0 Å². The lowest BCUT2D eigenvalue weighted by molar-refractivity contribution is 0.505. The zero-order chi connectivity index (χ0) is 18.5. The fraction of sp³-hybridized carbons (Fsp3) is 0.292. The first-order valence-corrected chi connectivity index (χ1v) is 10.5. The normalized spacial score (nSPS) is 16.6. The Balaban J connectivity index is 1.81. The molecule has 0 amide bonds. The number of thiophene rings is 1. The Bertz CT molecular complexity index is 1140. The molecule has 3 heteroatoms. The van der Waals surface area contributed by atoms with Gasteiger partial charge in [-0.15, -0.1) is 11.3 Å². The molecule has 2 nitrogen and oxygen atoms in total. The number of aryl methyl sites for hydroxylation is 3. The molecule has 0 fully saturated rings. The topological polar surface area (TPSA) is 26.0 Å². The molecule has 1 unspecified atom stereocenters. The van der Waals surface area contributed by atoms with Crippen LogP contribution >= 0.6 is 11.3 Å². The van der Waals surface area contributed by atoms with Crippen LogP contribution in [0.15, 0.2) is 46.9 Å². The Morgan fingerprint density at radius 1 is 1.07 bits per heavy atom. The van der Waals surface area contributed by atoms with Crippen molar-refractivity contribution in [1.29, 1.82) is 0 Å². The van der Waals surface area contributed by atoms with Gasteiger partial charge in [0.1, 0.15) is 16.4 Å². The highest BCUT2D eigenvalue weighted by Crippen LogP contribution is 2.43. The minimum Gasteiger partial charge on any atom is -0.466 e. The van der Waals surface area contributed by atoms with Crippen LogP contribution in [0, 0.1) is 19.8 Å². The van der Waals surface area contributed by atoms with E-state index in [0.717, 1.165) is 28.7 Å². The molecule has 0 bridgehead atoms. The van der Waals surface area contributed by atoms with Crippen molar-refractivity contribution in [3.63, 3.8) is 0 Å². The van der Waals surface area contributed by atoms with Gasteiger partial charge in [-0.25, -0.2) is 4.98 Å². The van der Waals surface area contributed by atoms with Gasteiger partial charge in [0.05, 0.1) is 5.69 Å². The second-order valence-corrected chi connectivity index (χ2v) is 8.86. The fourth-order valence-corrected chi connectivity index (χ4v) is 5.72. The van der Waals surface area contributed by atoms with Crippen molar-refractivity contribution in [2.75, 3.05) is 0 Å². The van der Waals surface area contributed by atoms with Crippen molar-refractivity contribution in [2.45, 2.75) is 40.0 Å². The number of aromatic nitrogens is 1. The predicted octanol–water partition coefficient (Wildman–Crippen LogP) is 6.96. The molecule has 0 saturated carbocycles. The van der Waals surface area contributed by atoms with Crippen LogP contribution in [0.4, 0.5) is 0 Å². The molecule has 0 radical (unpaired) electrons. The molecule has 27 heavy (non-hydrogen) atoms. The van der Waals surface area contributed by atoms with Gasteiger partial charge in [-0.1, -0.05) is 37.3 Å². The lowest BCUT2D eigenvalue weighted by Crippen LogP contribution is -2.08. The maximum atomic E-state index is 5.79. The van der Waals surface area contributed by atoms with Crippen LogP contribution in [0.5, 0.6) is 0 Å². The van der Waals surface area contributed by atoms with Gasteiger partial charge in [0, 0.05) is 15.8 Å². The largest absolute Gasteiger partial charge is 0.466 e. The highest BCUT2D eigenvalue weighted by Gasteiger charge is 2.24. The number of hydrogen-bond acceptors (Lipinski definition) is 3. The van der Waals surface area contributed by atoms with Crippen molar-refractivity contribution >= 4 is 21.6 Å². The summed E-state index contributed by atoms with van der Waals surface area (Å²) in [7, 11) is 0. The second kappa shape index (κ2) is 6.35. The van der Waals surface area contributed by atoms with E-state index in [9.17, 15) is 0 Å². The van der Waals surface area contributed by atoms with Gasteiger partial charge in [-0.2, -0.15) is 0 Å². The quantitative estimate of drug-likeness (QED) is 0.379. The lowest BCUT2D eigenvalue weighted by Gasteiger charge is -2.18. The highest BCUT2D eigenvalue weighted by molar-refractivity contribution is 7.19. The van der Waals surface area contributed by atoms with Crippen LogP contribution in [0.25, 0.3) is 32.6 Å². The summed E-state index contributed by atoms with van der Waals surface area (Å²) in [6, 6.07) is 15.1. The molecule has 0 saturated heterocycles. The average Bonchev–Trinajstić information content (AvgIpc) is 3.19. The number of hydrogen-bond donors (Lipinski definition) is 0. The summed E-state index contributed by atoms with van der Waals surface area (Å²) in [6.45, 7) is 6.39. The van der Waals surface area contributed by atoms with Gasteiger partial charge < -0.3 is 4.42 Å². The molecule has 0 N–H and O–H groups in total. The minimum absolute atomic E-state index is 0.768. The van der Waals surface area contributed by atoms with E-state index in [0.29, 0.717) is 0 Å². The molecule has 1 aromatic carbocycles. The van der Waals surface area contributed by atoms with Crippen LogP contribution in [-0.4, -0.2) is 4.98 Å². The Morgan fingerprint density at radius 2 is 1.89 bits per heavy atom. The lowest BCUT2D eigenvalue weighted by atomic mass is 9.87. The molecule has 1 aliphatic carbocycles. The van der Waals surface area contributed by atoms with Crippen molar-refractivity contribution in [3.8, 4) is 22.4 Å². The van der Waals surface area contributed by atoms with Crippen molar-refractivity contribution < 1.29 is 4.42 Å². The first kappa shape index (κ1) is 16.8. The molecule has 1 atom stereocenters. The van der Waals surface area contributed by atoms with E-state index in [1.807, 2.05) is 25.2 Å². The zero-order valence-electron chi connectivity index (χ0n) is 16.0. The minimum atomic E-state index is 0.768. The highest BCUT2D eigenvalue weighted by atomic mass is 32.1. The van der Waals surface area contributed by atoms with Crippen molar-refractivity contribution in [1.82, 2.24) is 4.98 Å². The first-order valence-electron chi connectivity index (χ1n) is 9.68. The van der Waals surface area contributed by atoms with E-state index in [-0.39, 0.29) is 0 Å². The maximum Gasteiger partial charge on any atom is 0.125 e. The summed E-state index contributed by atoms with van der Waals surface area (Å²) < 4.78 is 5.79. The summed E-state index contributed by atoms with van der Waals surface area (Å²) in [4.78, 5) is 7.80. The first-order chi connectivity index (χ1) is 13.1. The van der Waals surface area contributed by atoms with E-state index in [1.165, 1.54) is 51.0 Å². The molecule has 4 aromatic rings. The zero-order valence-corrected chi connectivity index (χ0v) is 16.8. The Hall–Kier alpha value is -2.39. The van der Waals surface area contributed by atoms with E-state index < -0.39 is 0 Å². The third-order valence-electron chi connectivity index (χ3n) is 5.67. The third-order valence-corrected chi connectivity index (χ3v) is 6.82. The van der Waals surface area contributed by atoms with Gasteiger partial charge in [0.2, 0.25) is 0 Å². The second-order valence-electron chi connectivity index (χ2n) is 7.78. The number of furan rings is 1. The molecule has 0 aliphatic heterocycles. The SMILES string of the molecule is Cc1cc(-c2cc(-c3ccccc3)c3c4c(sc3n2)CC(C)CC4)c(C)o1. The average molecular weight is 374 g/mol. The third kappa shape index (κ3) is 2.81. The summed E-state index contributed by atoms with van der Waals surface area (Å²) in [6.07, 6.45) is 3.62. The number of benzene rings is 1. The van der Waals surface area contributed by atoms with Gasteiger partial charge in [0.25, 0.3) is 0 Å². The fourth-order valence-electron chi connectivity index (χ4n) is 4.31. The number of fused-ring (bicyclic) bond motifs is 3. The number of pyridine rings is 1. The Morgan fingerprint density at radius 3 is 2.63 bits per heavy atom. The van der Waals surface area contributed by atoms with Gasteiger partial charge in [0.15, 0.2) is 0 Å².